The molecule has 0 aliphatic rings. The number of aromatic nitrogens is 3. The molecule has 4 aromatic rings. The van der Waals surface area contributed by atoms with Gasteiger partial charge in [-0.2, -0.15) is 0 Å². The number of ether oxygens (including phenoxy) is 1. The average Bonchev–Trinajstić information content (AvgIpc) is 2.80. The van der Waals surface area contributed by atoms with Gasteiger partial charge >= 0.3 is 0 Å². The number of carbonyl (C=O) groups excluding carboxylic acids is 1. The number of hydrogen-bond acceptors (Lipinski definition) is 6. The zero-order valence-electron chi connectivity index (χ0n) is 16.3. The number of hydrogen-bond donors (Lipinski definition) is 2. The highest BCUT2D eigenvalue weighted by Gasteiger charge is 2.10. The second-order valence-electron chi connectivity index (χ2n) is 6.49. The molecule has 0 radical (unpaired) electrons. The van der Waals surface area contributed by atoms with Crippen LogP contribution < -0.4 is 15.4 Å². The number of anilines is 3. The van der Waals surface area contributed by atoms with Gasteiger partial charge in [0.05, 0.1) is 0 Å². The Morgan fingerprint density at radius 2 is 1.77 bits per heavy atom. The number of pyridine rings is 1. The molecular formula is C23H18ClN5O2. The number of nitrogens with one attached hydrogen (secondary N) is 2. The SMILES string of the molecule is O=C(Nc1cccc(OCc2ccccc2Cl)c1)c1ccnc(Nc2ccncc2)n1. The van der Waals surface area contributed by atoms with E-state index in [1.54, 1.807) is 48.8 Å². The molecule has 0 spiro atoms. The van der Waals surface area contributed by atoms with E-state index in [2.05, 4.69) is 25.6 Å². The van der Waals surface area contributed by atoms with Gasteiger partial charge in [0.15, 0.2) is 0 Å². The molecule has 7 nitrogen and oxygen atoms in total. The molecule has 2 N–H and O–H groups in total. The van der Waals surface area contributed by atoms with Gasteiger partial charge in [-0.1, -0.05) is 35.9 Å². The van der Waals surface area contributed by atoms with Crippen molar-refractivity contribution in [1.29, 1.82) is 0 Å². The van der Waals surface area contributed by atoms with Gasteiger partial charge in [-0.15, -0.1) is 0 Å². The maximum Gasteiger partial charge on any atom is 0.274 e. The van der Waals surface area contributed by atoms with Crippen molar-refractivity contribution >= 4 is 34.8 Å². The molecular weight excluding hydrogens is 414 g/mol. The van der Waals surface area contributed by atoms with Crippen molar-refractivity contribution in [3.63, 3.8) is 0 Å². The first-order valence-corrected chi connectivity index (χ1v) is 9.83. The molecule has 2 aromatic heterocycles. The van der Waals surface area contributed by atoms with Gasteiger partial charge in [0, 0.05) is 46.6 Å². The van der Waals surface area contributed by atoms with Gasteiger partial charge < -0.3 is 15.4 Å². The Hall–Kier alpha value is -3.97. The molecule has 2 aromatic carbocycles. The van der Waals surface area contributed by atoms with E-state index in [-0.39, 0.29) is 11.6 Å². The third kappa shape index (κ3) is 5.55. The van der Waals surface area contributed by atoms with E-state index in [0.29, 0.717) is 29.0 Å². The number of nitrogens with zero attached hydrogens (tertiary/aromatic N) is 3. The van der Waals surface area contributed by atoms with Crippen molar-refractivity contribution in [3.8, 4) is 5.75 Å². The molecule has 2 heterocycles. The van der Waals surface area contributed by atoms with E-state index in [4.69, 9.17) is 16.3 Å². The first kappa shape index (κ1) is 20.3. The molecule has 0 unspecified atom stereocenters. The van der Waals surface area contributed by atoms with Gasteiger partial charge in [-0.3, -0.25) is 9.78 Å². The molecule has 31 heavy (non-hydrogen) atoms. The number of halogens is 1. The summed E-state index contributed by atoms with van der Waals surface area (Å²) in [7, 11) is 0. The highest BCUT2D eigenvalue weighted by Crippen LogP contribution is 2.22. The predicted molar refractivity (Wildman–Crippen MR) is 120 cm³/mol. The molecule has 4 rings (SSSR count). The van der Waals surface area contributed by atoms with Crippen LogP contribution in [0.15, 0.2) is 85.3 Å². The van der Waals surface area contributed by atoms with Gasteiger partial charge in [0.1, 0.15) is 18.1 Å². The Morgan fingerprint density at radius 3 is 2.61 bits per heavy atom. The van der Waals surface area contributed by atoms with E-state index in [1.165, 1.54) is 6.20 Å². The summed E-state index contributed by atoms with van der Waals surface area (Å²) in [5.41, 5.74) is 2.47. The van der Waals surface area contributed by atoms with Crippen molar-refractivity contribution < 1.29 is 9.53 Å². The summed E-state index contributed by atoms with van der Waals surface area (Å²) in [6.45, 7) is 0.326. The standard InChI is InChI=1S/C23H18ClN5O2/c24-20-7-2-1-4-16(20)15-31-19-6-3-5-18(14-19)27-22(30)21-10-13-26-23(29-21)28-17-8-11-25-12-9-17/h1-14H,15H2,(H,27,30)(H,25,26,28,29). The number of rotatable bonds is 7. The lowest BCUT2D eigenvalue weighted by Gasteiger charge is -2.10. The number of amides is 1. The van der Waals surface area contributed by atoms with Crippen molar-refractivity contribution in [2.24, 2.45) is 0 Å². The maximum absolute atomic E-state index is 12.7. The Kier molecular flexibility index (Phi) is 6.35. The minimum atomic E-state index is -0.358. The van der Waals surface area contributed by atoms with Crippen LogP contribution in [0.5, 0.6) is 5.75 Å². The second kappa shape index (κ2) is 9.69. The van der Waals surface area contributed by atoms with Crippen molar-refractivity contribution in [3.05, 3.63) is 102 Å². The Labute approximate surface area is 184 Å². The largest absolute Gasteiger partial charge is 0.489 e. The molecule has 0 aliphatic heterocycles. The molecule has 154 valence electrons. The van der Waals surface area contributed by atoms with E-state index in [9.17, 15) is 4.79 Å². The molecule has 0 saturated heterocycles. The third-order valence-electron chi connectivity index (χ3n) is 4.27. The van der Waals surface area contributed by atoms with E-state index in [1.807, 2.05) is 30.3 Å². The van der Waals surface area contributed by atoms with Gasteiger partial charge in [0.25, 0.3) is 5.91 Å². The minimum absolute atomic E-state index is 0.231. The van der Waals surface area contributed by atoms with Crippen molar-refractivity contribution in [1.82, 2.24) is 15.0 Å². The molecule has 0 fully saturated rings. The van der Waals surface area contributed by atoms with Gasteiger partial charge in [0.2, 0.25) is 5.95 Å². The first-order valence-electron chi connectivity index (χ1n) is 9.45. The zero-order valence-corrected chi connectivity index (χ0v) is 17.1. The van der Waals surface area contributed by atoms with E-state index < -0.39 is 0 Å². The summed E-state index contributed by atoms with van der Waals surface area (Å²) in [5.74, 6) is 0.569. The number of carbonyl (C=O) groups is 1. The molecule has 0 atom stereocenters. The average molecular weight is 432 g/mol. The van der Waals surface area contributed by atoms with E-state index >= 15 is 0 Å². The Balaban J connectivity index is 1.41. The summed E-state index contributed by atoms with van der Waals surface area (Å²) in [5, 5.41) is 6.51. The molecule has 8 heteroatoms. The first-order chi connectivity index (χ1) is 15.2. The van der Waals surface area contributed by atoms with Crippen LogP contribution >= 0.6 is 11.6 Å². The van der Waals surface area contributed by atoms with Crippen LogP contribution in [0.2, 0.25) is 5.02 Å². The van der Waals surface area contributed by atoms with Crippen LogP contribution in [-0.4, -0.2) is 20.9 Å². The fourth-order valence-electron chi connectivity index (χ4n) is 2.75. The highest BCUT2D eigenvalue weighted by molar-refractivity contribution is 6.31. The quantitative estimate of drug-likeness (QED) is 0.423. The van der Waals surface area contributed by atoms with Crippen molar-refractivity contribution in [2.75, 3.05) is 10.6 Å². The second-order valence-corrected chi connectivity index (χ2v) is 6.90. The van der Waals surface area contributed by atoms with Crippen LogP contribution in [0.25, 0.3) is 0 Å². The fourth-order valence-corrected chi connectivity index (χ4v) is 2.94. The zero-order chi connectivity index (χ0) is 21.5. The van der Waals surface area contributed by atoms with Crippen LogP contribution in [-0.2, 0) is 6.61 Å². The maximum atomic E-state index is 12.7. The van der Waals surface area contributed by atoms with Crippen LogP contribution in [0.4, 0.5) is 17.3 Å². The van der Waals surface area contributed by atoms with Gasteiger partial charge in [-0.25, -0.2) is 9.97 Å². The monoisotopic (exact) mass is 431 g/mol. The lowest BCUT2D eigenvalue weighted by molar-refractivity contribution is 0.102. The summed E-state index contributed by atoms with van der Waals surface area (Å²) in [6.07, 6.45) is 4.83. The molecule has 1 amide bonds. The summed E-state index contributed by atoms with van der Waals surface area (Å²) in [6, 6.07) is 19.7. The smallest absolute Gasteiger partial charge is 0.274 e. The van der Waals surface area contributed by atoms with Gasteiger partial charge in [-0.05, 0) is 36.4 Å². The number of benzene rings is 2. The molecule has 0 saturated carbocycles. The Morgan fingerprint density at radius 1 is 0.935 bits per heavy atom. The molecule has 0 bridgehead atoms. The minimum Gasteiger partial charge on any atom is -0.489 e. The highest BCUT2D eigenvalue weighted by atomic mass is 35.5. The summed E-state index contributed by atoms with van der Waals surface area (Å²) < 4.78 is 5.81. The van der Waals surface area contributed by atoms with Crippen molar-refractivity contribution in [2.45, 2.75) is 6.61 Å². The predicted octanol–water partition coefficient (Wildman–Crippen LogP) is 5.10. The lowest BCUT2D eigenvalue weighted by atomic mass is 10.2. The van der Waals surface area contributed by atoms with Crippen LogP contribution in [0.1, 0.15) is 16.1 Å². The Bertz CT molecular complexity index is 1190. The normalized spacial score (nSPS) is 10.4. The lowest BCUT2D eigenvalue weighted by Crippen LogP contribution is -2.14. The summed E-state index contributed by atoms with van der Waals surface area (Å²) in [4.78, 5) is 25.0. The fraction of sp³-hybridized carbons (Fsp3) is 0.0435. The summed E-state index contributed by atoms with van der Waals surface area (Å²) >= 11 is 6.16. The van der Waals surface area contributed by atoms with Crippen LogP contribution in [0.3, 0.4) is 0 Å². The topological polar surface area (TPSA) is 89.0 Å². The third-order valence-corrected chi connectivity index (χ3v) is 4.64. The molecule has 0 aliphatic carbocycles. The van der Waals surface area contributed by atoms with E-state index in [0.717, 1.165) is 11.3 Å². The van der Waals surface area contributed by atoms with Crippen LogP contribution in [0, 0.1) is 0 Å².